The third kappa shape index (κ3) is 21.0. The third-order valence-corrected chi connectivity index (χ3v) is 2.19. The summed E-state index contributed by atoms with van der Waals surface area (Å²) >= 11 is 0. The van der Waals surface area contributed by atoms with Crippen LogP contribution >= 0.6 is 0 Å². The van der Waals surface area contributed by atoms with Crippen molar-refractivity contribution in [3.8, 4) is 0 Å². The molecule has 0 radical (unpaired) electrons. The first-order valence-corrected chi connectivity index (χ1v) is 6.04. The van der Waals surface area contributed by atoms with Gasteiger partial charge in [-0.1, -0.05) is 39.0 Å². The van der Waals surface area contributed by atoms with E-state index in [0.29, 0.717) is 6.42 Å². The van der Waals surface area contributed by atoms with Crippen molar-refractivity contribution >= 4 is 48.1 Å². The van der Waals surface area contributed by atoms with Crippen molar-refractivity contribution in [2.24, 2.45) is 0 Å². The zero-order valence-corrected chi connectivity index (χ0v) is 8.85. The molecule has 0 heterocycles. The third-order valence-electron chi connectivity index (χ3n) is 1.73. The quantitative estimate of drug-likeness (QED) is 0.379. The standard InChI is InChI=1S/C8H18O4S.2Li.2H/c1-2-3-4-5-6-7-8-12-13(9,10)11;;;;/h2-8H2,1H3,(H,9,10,11);;;;. The van der Waals surface area contributed by atoms with E-state index in [1.807, 2.05) is 0 Å². The van der Waals surface area contributed by atoms with E-state index in [9.17, 15) is 8.42 Å². The molecule has 0 saturated carbocycles. The minimum atomic E-state index is -4.22. The Labute approximate surface area is 117 Å². The van der Waals surface area contributed by atoms with Crippen molar-refractivity contribution in [3.05, 3.63) is 0 Å². The van der Waals surface area contributed by atoms with Gasteiger partial charge in [0.25, 0.3) is 0 Å². The molecule has 0 saturated heterocycles. The molecule has 0 rings (SSSR count). The van der Waals surface area contributed by atoms with Crippen LogP contribution in [0.2, 0.25) is 0 Å². The molecule has 0 aliphatic carbocycles. The van der Waals surface area contributed by atoms with Crippen LogP contribution in [0.5, 0.6) is 0 Å². The van der Waals surface area contributed by atoms with Gasteiger partial charge >= 0.3 is 48.1 Å². The average molecular weight is 226 g/mol. The fourth-order valence-corrected chi connectivity index (χ4v) is 1.38. The van der Waals surface area contributed by atoms with Gasteiger partial charge in [-0.25, -0.2) is 4.18 Å². The van der Waals surface area contributed by atoms with E-state index in [-0.39, 0.29) is 44.3 Å². The molecule has 0 aromatic heterocycles. The first kappa shape index (κ1) is 21.4. The molecule has 4 nitrogen and oxygen atoms in total. The van der Waals surface area contributed by atoms with Crippen LogP contribution in [0.4, 0.5) is 0 Å². The second kappa shape index (κ2) is 13.1. The van der Waals surface area contributed by atoms with E-state index in [2.05, 4.69) is 11.1 Å². The summed E-state index contributed by atoms with van der Waals surface area (Å²) in [5.41, 5.74) is 0. The van der Waals surface area contributed by atoms with Crippen LogP contribution in [0.25, 0.3) is 0 Å². The normalized spacial score (nSPS) is 10.3. The van der Waals surface area contributed by atoms with Crippen molar-refractivity contribution in [3.63, 3.8) is 0 Å². The van der Waals surface area contributed by atoms with Gasteiger partial charge in [0.15, 0.2) is 0 Å². The minimum absolute atomic E-state index is 0. The molecule has 84 valence electrons. The van der Waals surface area contributed by atoms with Gasteiger partial charge in [0.2, 0.25) is 0 Å². The molecule has 0 spiro atoms. The zero-order chi connectivity index (χ0) is 10.2. The van der Waals surface area contributed by atoms with E-state index in [4.69, 9.17) is 4.55 Å². The van der Waals surface area contributed by atoms with Gasteiger partial charge in [-0.05, 0) is 6.42 Å². The molecular weight excluding hydrogens is 206 g/mol. The molecule has 15 heavy (non-hydrogen) atoms. The summed E-state index contributed by atoms with van der Waals surface area (Å²) in [5.74, 6) is 0. The van der Waals surface area contributed by atoms with Crippen LogP contribution < -0.4 is 0 Å². The van der Waals surface area contributed by atoms with Crippen LogP contribution in [-0.2, 0) is 14.6 Å². The molecule has 7 heteroatoms. The van der Waals surface area contributed by atoms with Crippen molar-refractivity contribution in [1.82, 2.24) is 0 Å². The van der Waals surface area contributed by atoms with Gasteiger partial charge in [0.05, 0.1) is 6.61 Å². The summed E-state index contributed by atoms with van der Waals surface area (Å²) in [7, 11) is -4.22. The van der Waals surface area contributed by atoms with E-state index in [1.54, 1.807) is 0 Å². The van der Waals surface area contributed by atoms with Crippen LogP contribution in [-0.4, -0.2) is 57.3 Å². The number of rotatable bonds is 8. The second-order valence-electron chi connectivity index (χ2n) is 3.02. The zero-order valence-electron chi connectivity index (χ0n) is 8.03. The van der Waals surface area contributed by atoms with Crippen molar-refractivity contribution in [2.45, 2.75) is 45.4 Å². The Balaban J connectivity index is -0.000000720. The van der Waals surface area contributed by atoms with E-state index in [0.717, 1.165) is 12.8 Å². The molecule has 1 N–H and O–H groups in total. The van der Waals surface area contributed by atoms with Gasteiger partial charge in [0.1, 0.15) is 0 Å². The predicted octanol–water partition coefficient (Wildman–Crippen LogP) is 0.869. The van der Waals surface area contributed by atoms with E-state index in [1.165, 1.54) is 19.3 Å². The van der Waals surface area contributed by atoms with Crippen molar-refractivity contribution < 1.29 is 17.2 Å². The second-order valence-corrected chi connectivity index (χ2v) is 4.11. The van der Waals surface area contributed by atoms with Gasteiger partial charge in [-0.3, -0.25) is 4.55 Å². The fourth-order valence-electron chi connectivity index (χ4n) is 1.05. The molecule has 0 aromatic carbocycles. The van der Waals surface area contributed by atoms with Crippen LogP contribution in [0, 0.1) is 0 Å². The first-order valence-electron chi connectivity index (χ1n) is 4.68. The molecule has 0 aliphatic heterocycles. The van der Waals surface area contributed by atoms with E-state index >= 15 is 0 Å². The van der Waals surface area contributed by atoms with Gasteiger partial charge in [-0.15, -0.1) is 0 Å². The molecule has 0 aromatic rings. The molecule has 0 bridgehead atoms. The molecule has 0 aliphatic rings. The Morgan fingerprint density at radius 2 is 1.47 bits per heavy atom. The Kier molecular flexibility index (Phi) is 18.7. The molecule has 0 fully saturated rings. The van der Waals surface area contributed by atoms with Gasteiger partial charge < -0.3 is 0 Å². The maximum atomic E-state index is 10.1. The molecule has 0 atom stereocenters. The van der Waals surface area contributed by atoms with Crippen LogP contribution in [0.3, 0.4) is 0 Å². The van der Waals surface area contributed by atoms with Crippen LogP contribution in [0.15, 0.2) is 0 Å². The number of hydrogen-bond acceptors (Lipinski definition) is 3. The van der Waals surface area contributed by atoms with Crippen LogP contribution in [0.1, 0.15) is 45.4 Å². The summed E-state index contributed by atoms with van der Waals surface area (Å²) in [6, 6.07) is 0. The first-order chi connectivity index (χ1) is 6.06. The van der Waals surface area contributed by atoms with E-state index < -0.39 is 10.4 Å². The average Bonchev–Trinajstić information content (AvgIpc) is 2.01. The van der Waals surface area contributed by atoms with Gasteiger partial charge in [0, 0.05) is 0 Å². The predicted molar refractivity (Wildman–Crippen MR) is 65.2 cm³/mol. The molecule has 0 amide bonds. The Morgan fingerprint density at radius 1 is 1.00 bits per heavy atom. The summed E-state index contributed by atoms with van der Waals surface area (Å²) in [6.45, 7) is 2.23. The SMILES string of the molecule is CCCCCCCCOS(=O)(=O)O.[LiH].[LiH]. The number of hydrogen-bond donors (Lipinski definition) is 1. The fraction of sp³-hybridized carbons (Fsp3) is 1.00. The summed E-state index contributed by atoms with van der Waals surface area (Å²) < 4.78 is 32.6. The topological polar surface area (TPSA) is 63.6 Å². The Hall–Kier alpha value is 1.06. The van der Waals surface area contributed by atoms with Gasteiger partial charge in [-0.2, -0.15) is 8.42 Å². The Morgan fingerprint density at radius 3 is 1.93 bits per heavy atom. The molecular formula is C8H20Li2O4S. The maximum absolute atomic E-state index is 10.1. The van der Waals surface area contributed by atoms with Crippen molar-refractivity contribution in [2.75, 3.05) is 6.61 Å². The Bertz CT molecular complexity index is 207. The summed E-state index contributed by atoms with van der Waals surface area (Å²) in [5, 5.41) is 0. The summed E-state index contributed by atoms with van der Waals surface area (Å²) in [6.07, 6.45) is 6.34. The van der Waals surface area contributed by atoms with Crippen molar-refractivity contribution in [1.29, 1.82) is 0 Å². The monoisotopic (exact) mass is 226 g/mol. The summed E-state index contributed by atoms with van der Waals surface area (Å²) in [4.78, 5) is 0. The number of unbranched alkanes of at least 4 members (excludes halogenated alkanes) is 5. The molecule has 0 unspecified atom stereocenters.